The van der Waals surface area contributed by atoms with Crippen LogP contribution in [0, 0.1) is 0 Å². The number of aliphatic carboxylic acids is 1. The number of aliphatic hydroxyl groups is 1. The van der Waals surface area contributed by atoms with Gasteiger partial charge in [0.15, 0.2) is 0 Å². The third kappa shape index (κ3) is 8.38. The molecule has 0 saturated carbocycles. The van der Waals surface area contributed by atoms with Crippen LogP contribution >= 0.6 is 11.8 Å². The predicted molar refractivity (Wildman–Crippen MR) is 59.7 cm³/mol. The number of hydrogen-bond donors (Lipinski definition) is 2. The lowest BCUT2D eigenvalue weighted by Crippen LogP contribution is -2.15. The van der Waals surface area contributed by atoms with E-state index in [-0.39, 0.29) is 17.8 Å². The average molecular weight is 220 g/mol. The Morgan fingerprint density at radius 2 is 1.93 bits per heavy atom. The van der Waals surface area contributed by atoms with Crippen molar-refractivity contribution in [3.05, 3.63) is 0 Å². The van der Waals surface area contributed by atoms with Crippen molar-refractivity contribution in [3.8, 4) is 0 Å². The van der Waals surface area contributed by atoms with Crippen LogP contribution in [0.2, 0.25) is 0 Å². The van der Waals surface area contributed by atoms with Gasteiger partial charge in [0.05, 0.1) is 6.10 Å². The molecule has 0 amide bonds. The second-order valence-corrected chi connectivity index (χ2v) is 5.01. The molecule has 0 fully saturated rings. The molecule has 0 aliphatic heterocycles. The lowest BCUT2D eigenvalue weighted by atomic mass is 10.2. The van der Waals surface area contributed by atoms with E-state index < -0.39 is 5.97 Å². The maximum atomic E-state index is 10.2. The molecule has 14 heavy (non-hydrogen) atoms. The van der Waals surface area contributed by atoms with Gasteiger partial charge in [-0.2, -0.15) is 11.8 Å². The molecule has 0 aliphatic rings. The van der Waals surface area contributed by atoms with Gasteiger partial charge in [0.2, 0.25) is 0 Å². The molecule has 2 N–H and O–H groups in total. The lowest BCUT2D eigenvalue weighted by molar-refractivity contribution is -0.137. The highest BCUT2D eigenvalue weighted by Crippen LogP contribution is 2.16. The average Bonchev–Trinajstić information content (AvgIpc) is 2.09. The van der Waals surface area contributed by atoms with Gasteiger partial charge in [-0.1, -0.05) is 13.3 Å². The highest BCUT2D eigenvalue weighted by Gasteiger charge is 2.07. The summed E-state index contributed by atoms with van der Waals surface area (Å²) in [6.45, 7) is 3.80. The minimum atomic E-state index is -0.713. The molecular weight excluding hydrogens is 200 g/mol. The largest absolute Gasteiger partial charge is 0.481 e. The normalized spacial score (nSPS) is 15.1. The van der Waals surface area contributed by atoms with Crippen molar-refractivity contribution in [1.29, 1.82) is 0 Å². The van der Waals surface area contributed by atoms with Crippen LogP contribution in [-0.2, 0) is 4.79 Å². The summed E-state index contributed by atoms with van der Waals surface area (Å²) >= 11 is 1.75. The highest BCUT2D eigenvalue weighted by molar-refractivity contribution is 7.99. The summed E-state index contributed by atoms with van der Waals surface area (Å²) in [6.07, 6.45) is 2.77. The van der Waals surface area contributed by atoms with E-state index in [1.54, 1.807) is 18.7 Å². The van der Waals surface area contributed by atoms with Crippen LogP contribution < -0.4 is 0 Å². The summed E-state index contributed by atoms with van der Waals surface area (Å²) < 4.78 is 0. The van der Waals surface area contributed by atoms with Crippen molar-refractivity contribution < 1.29 is 15.0 Å². The molecule has 0 aromatic carbocycles. The first-order chi connectivity index (χ1) is 6.54. The van der Waals surface area contributed by atoms with Crippen molar-refractivity contribution in [3.63, 3.8) is 0 Å². The molecule has 0 aliphatic carbocycles. The molecule has 0 saturated heterocycles. The Morgan fingerprint density at radius 3 is 2.43 bits per heavy atom. The lowest BCUT2D eigenvalue weighted by Gasteiger charge is -2.13. The van der Waals surface area contributed by atoms with E-state index in [1.165, 1.54) is 0 Å². The smallest absolute Gasteiger partial charge is 0.303 e. The number of carbonyl (C=O) groups is 1. The van der Waals surface area contributed by atoms with Gasteiger partial charge in [-0.25, -0.2) is 0 Å². The molecule has 0 aromatic rings. The van der Waals surface area contributed by atoms with Crippen LogP contribution in [0.1, 0.15) is 39.5 Å². The van der Waals surface area contributed by atoms with E-state index in [0.29, 0.717) is 0 Å². The van der Waals surface area contributed by atoms with Gasteiger partial charge in [0.25, 0.3) is 0 Å². The first-order valence-corrected chi connectivity index (χ1v) is 6.10. The van der Waals surface area contributed by atoms with E-state index in [0.717, 1.165) is 25.0 Å². The van der Waals surface area contributed by atoms with Crippen molar-refractivity contribution in [1.82, 2.24) is 0 Å². The van der Waals surface area contributed by atoms with Gasteiger partial charge in [-0.05, 0) is 25.5 Å². The molecule has 4 heteroatoms. The third-order valence-corrected chi connectivity index (χ3v) is 3.54. The van der Waals surface area contributed by atoms with Crippen molar-refractivity contribution in [2.24, 2.45) is 0 Å². The third-order valence-electron chi connectivity index (χ3n) is 2.10. The summed E-state index contributed by atoms with van der Waals surface area (Å²) in [7, 11) is 0. The molecule has 0 rings (SSSR count). The fraction of sp³-hybridized carbons (Fsp3) is 0.900. The van der Waals surface area contributed by atoms with Gasteiger partial charge in [-0.3, -0.25) is 4.79 Å². The summed E-state index contributed by atoms with van der Waals surface area (Å²) in [4.78, 5) is 10.2. The van der Waals surface area contributed by atoms with Crippen LogP contribution in [0.25, 0.3) is 0 Å². The predicted octanol–water partition coefficient (Wildman–Crippen LogP) is 2.13. The summed E-state index contributed by atoms with van der Waals surface area (Å²) in [6, 6.07) is 0. The zero-order valence-electron chi connectivity index (χ0n) is 8.90. The van der Waals surface area contributed by atoms with Gasteiger partial charge < -0.3 is 10.2 Å². The number of carboxylic acid groups (broad SMARTS) is 1. The van der Waals surface area contributed by atoms with Crippen LogP contribution in [0.3, 0.4) is 0 Å². The Hall–Kier alpha value is -0.220. The van der Waals surface area contributed by atoms with Gasteiger partial charge >= 0.3 is 5.97 Å². The SMILES string of the molecule is CC(O)C(C)SCCCCCC(=O)O. The van der Waals surface area contributed by atoms with Gasteiger partial charge in [-0.15, -0.1) is 0 Å². The van der Waals surface area contributed by atoms with Crippen molar-refractivity contribution >= 4 is 17.7 Å². The number of unbranched alkanes of at least 4 members (excludes halogenated alkanes) is 2. The van der Waals surface area contributed by atoms with E-state index in [1.807, 2.05) is 6.92 Å². The minimum absolute atomic E-state index is 0.265. The minimum Gasteiger partial charge on any atom is -0.481 e. The second kappa shape index (κ2) is 8.12. The number of aliphatic hydroxyl groups excluding tert-OH is 1. The van der Waals surface area contributed by atoms with E-state index in [2.05, 4.69) is 0 Å². The van der Waals surface area contributed by atoms with Crippen LogP contribution in [-0.4, -0.2) is 33.3 Å². The molecule has 0 heterocycles. The monoisotopic (exact) mass is 220 g/mol. The molecule has 84 valence electrons. The quantitative estimate of drug-likeness (QED) is 0.615. The van der Waals surface area contributed by atoms with Crippen LogP contribution in [0.4, 0.5) is 0 Å². The van der Waals surface area contributed by atoms with Gasteiger partial charge in [0, 0.05) is 11.7 Å². The van der Waals surface area contributed by atoms with Crippen molar-refractivity contribution in [2.45, 2.75) is 50.9 Å². The molecule has 3 nitrogen and oxygen atoms in total. The number of thioether (sulfide) groups is 1. The molecule has 0 aromatic heterocycles. The summed E-state index contributed by atoms with van der Waals surface area (Å²) in [5, 5.41) is 17.9. The molecule has 0 bridgehead atoms. The standard InChI is InChI=1S/C10H20O3S/c1-8(11)9(2)14-7-5-3-4-6-10(12)13/h8-9,11H,3-7H2,1-2H3,(H,12,13). The zero-order chi connectivity index (χ0) is 11.0. The zero-order valence-corrected chi connectivity index (χ0v) is 9.72. The Balaban J connectivity index is 3.17. The topological polar surface area (TPSA) is 57.5 Å². The van der Waals surface area contributed by atoms with Crippen molar-refractivity contribution in [2.75, 3.05) is 5.75 Å². The Bertz CT molecular complexity index is 159. The Morgan fingerprint density at radius 1 is 1.29 bits per heavy atom. The van der Waals surface area contributed by atoms with E-state index in [4.69, 9.17) is 5.11 Å². The van der Waals surface area contributed by atoms with E-state index in [9.17, 15) is 9.90 Å². The molecule has 0 spiro atoms. The Labute approximate surface area is 89.9 Å². The summed E-state index contributed by atoms with van der Waals surface area (Å²) in [5.74, 6) is 0.293. The van der Waals surface area contributed by atoms with Crippen LogP contribution in [0.15, 0.2) is 0 Å². The van der Waals surface area contributed by atoms with Crippen LogP contribution in [0.5, 0.6) is 0 Å². The number of hydrogen-bond acceptors (Lipinski definition) is 3. The molecule has 2 atom stereocenters. The summed E-state index contributed by atoms with van der Waals surface area (Å²) in [5.41, 5.74) is 0. The molecule has 0 radical (unpaired) electrons. The van der Waals surface area contributed by atoms with Gasteiger partial charge in [0.1, 0.15) is 0 Å². The first-order valence-electron chi connectivity index (χ1n) is 5.05. The molecule has 2 unspecified atom stereocenters. The number of rotatable bonds is 8. The first kappa shape index (κ1) is 13.8. The fourth-order valence-electron chi connectivity index (χ4n) is 0.964. The highest BCUT2D eigenvalue weighted by atomic mass is 32.2. The maximum Gasteiger partial charge on any atom is 0.303 e. The maximum absolute atomic E-state index is 10.2. The molecular formula is C10H20O3S. The Kier molecular flexibility index (Phi) is 7.99. The second-order valence-electron chi connectivity index (χ2n) is 3.52. The fourth-order valence-corrected chi connectivity index (χ4v) is 1.98. The number of carboxylic acids is 1. The van der Waals surface area contributed by atoms with E-state index >= 15 is 0 Å².